The lowest BCUT2D eigenvalue weighted by atomic mass is 10.1. The summed E-state index contributed by atoms with van der Waals surface area (Å²) in [6.07, 6.45) is 2.14. The number of nitrogens with zero attached hydrogens (tertiary/aromatic N) is 3. The summed E-state index contributed by atoms with van der Waals surface area (Å²) >= 11 is 1.52. The molecule has 4 nitrogen and oxygen atoms in total. The van der Waals surface area contributed by atoms with Crippen LogP contribution in [0, 0.1) is 18.3 Å². The van der Waals surface area contributed by atoms with E-state index in [1.54, 1.807) is 6.21 Å². The van der Waals surface area contributed by atoms with Crippen molar-refractivity contribution in [2.75, 3.05) is 5.43 Å². The van der Waals surface area contributed by atoms with Crippen LogP contribution in [0.5, 0.6) is 0 Å². The largest absolute Gasteiger partial charge is 0.253 e. The summed E-state index contributed by atoms with van der Waals surface area (Å²) in [5.41, 5.74) is 5.81. The van der Waals surface area contributed by atoms with E-state index in [1.165, 1.54) is 11.3 Å². The number of nitriles is 1. The third-order valence-corrected chi connectivity index (χ3v) is 3.09. The zero-order chi connectivity index (χ0) is 12.8. The highest BCUT2D eigenvalue weighted by Gasteiger charge is 1.95. The van der Waals surface area contributed by atoms with Gasteiger partial charge in [-0.05, 0) is 24.1 Å². The van der Waals surface area contributed by atoms with E-state index in [-0.39, 0.29) is 0 Å². The maximum Gasteiger partial charge on any atom is 0.203 e. The van der Waals surface area contributed by atoms with Gasteiger partial charge in [-0.1, -0.05) is 18.2 Å². The Kier molecular flexibility index (Phi) is 4.05. The minimum atomic E-state index is 0.417. The van der Waals surface area contributed by atoms with Gasteiger partial charge in [0.25, 0.3) is 0 Å². The minimum Gasteiger partial charge on any atom is -0.253 e. The van der Waals surface area contributed by atoms with Crippen LogP contribution in [0.25, 0.3) is 0 Å². The Hall–Kier alpha value is -2.19. The van der Waals surface area contributed by atoms with Gasteiger partial charge in [-0.3, -0.25) is 5.43 Å². The highest BCUT2D eigenvalue weighted by molar-refractivity contribution is 7.13. The van der Waals surface area contributed by atoms with Crippen molar-refractivity contribution in [2.45, 2.75) is 13.3 Å². The van der Waals surface area contributed by atoms with Gasteiger partial charge in [-0.25, -0.2) is 4.98 Å². The molecule has 0 saturated heterocycles. The summed E-state index contributed by atoms with van der Waals surface area (Å²) in [4.78, 5) is 4.24. The van der Waals surface area contributed by atoms with Gasteiger partial charge in [-0.15, -0.1) is 11.3 Å². The number of aryl methyl sites for hydroxylation is 1. The molecule has 0 atom stereocenters. The number of aromatic nitrogens is 1. The molecular weight excluding hydrogens is 244 g/mol. The van der Waals surface area contributed by atoms with Gasteiger partial charge in [0.2, 0.25) is 5.13 Å². The molecule has 1 N–H and O–H groups in total. The van der Waals surface area contributed by atoms with Gasteiger partial charge < -0.3 is 0 Å². The molecule has 0 aliphatic heterocycles. The summed E-state index contributed by atoms with van der Waals surface area (Å²) in [6.45, 7) is 1.94. The molecule has 90 valence electrons. The Balaban J connectivity index is 2.00. The highest BCUT2D eigenvalue weighted by Crippen LogP contribution is 2.14. The van der Waals surface area contributed by atoms with Crippen molar-refractivity contribution in [1.29, 1.82) is 5.26 Å². The summed E-state index contributed by atoms with van der Waals surface area (Å²) in [5, 5.41) is 15.5. The second-order valence-electron chi connectivity index (χ2n) is 3.74. The van der Waals surface area contributed by atoms with Crippen molar-refractivity contribution in [3.63, 3.8) is 0 Å². The molecule has 18 heavy (non-hydrogen) atoms. The topological polar surface area (TPSA) is 61.1 Å². The van der Waals surface area contributed by atoms with Crippen LogP contribution in [0.4, 0.5) is 5.13 Å². The zero-order valence-electron chi connectivity index (χ0n) is 9.92. The van der Waals surface area contributed by atoms with Gasteiger partial charge in [0.15, 0.2) is 0 Å². The quantitative estimate of drug-likeness (QED) is 0.675. The van der Waals surface area contributed by atoms with E-state index < -0.39 is 0 Å². The monoisotopic (exact) mass is 256 g/mol. The van der Waals surface area contributed by atoms with Crippen LogP contribution in [-0.2, 0) is 6.42 Å². The number of hydrogen-bond donors (Lipinski definition) is 1. The fourth-order valence-corrected chi connectivity index (χ4v) is 2.08. The predicted molar refractivity (Wildman–Crippen MR) is 73.8 cm³/mol. The van der Waals surface area contributed by atoms with Crippen LogP contribution in [0.3, 0.4) is 0 Å². The number of benzene rings is 1. The molecule has 0 fully saturated rings. The predicted octanol–water partition coefficient (Wildman–Crippen LogP) is 2.96. The molecule has 5 heteroatoms. The van der Waals surface area contributed by atoms with E-state index in [0.717, 1.165) is 22.0 Å². The van der Waals surface area contributed by atoms with Gasteiger partial charge in [-0.2, -0.15) is 10.4 Å². The first-order chi connectivity index (χ1) is 8.78. The van der Waals surface area contributed by atoms with Gasteiger partial charge in [0.1, 0.15) is 0 Å². The Morgan fingerprint density at radius 3 is 3.17 bits per heavy atom. The second kappa shape index (κ2) is 5.94. The van der Waals surface area contributed by atoms with Gasteiger partial charge in [0.05, 0.1) is 24.4 Å². The summed E-state index contributed by atoms with van der Waals surface area (Å²) in [5.74, 6) is 0. The Morgan fingerprint density at radius 2 is 2.44 bits per heavy atom. The Bertz CT molecular complexity index is 595. The first-order valence-corrected chi connectivity index (χ1v) is 6.33. The van der Waals surface area contributed by atoms with Gasteiger partial charge in [0, 0.05) is 5.38 Å². The summed E-state index contributed by atoms with van der Waals surface area (Å²) in [7, 11) is 0. The molecule has 2 rings (SSSR count). The highest BCUT2D eigenvalue weighted by atomic mass is 32.1. The molecule has 1 heterocycles. The summed E-state index contributed by atoms with van der Waals surface area (Å²) < 4.78 is 0. The molecular formula is C13H12N4S. The number of hydrogen-bond acceptors (Lipinski definition) is 5. The smallest absolute Gasteiger partial charge is 0.203 e. The van der Waals surface area contributed by atoms with Crippen molar-refractivity contribution in [1.82, 2.24) is 4.98 Å². The van der Waals surface area contributed by atoms with E-state index in [2.05, 4.69) is 21.6 Å². The number of hydrazone groups is 1. The molecule has 0 aliphatic rings. The SMILES string of the molecule is Cc1csc(NN=Cc2cccc(CC#N)c2)n1. The third-order valence-electron chi connectivity index (χ3n) is 2.23. The van der Waals surface area contributed by atoms with Crippen LogP contribution in [0.1, 0.15) is 16.8 Å². The van der Waals surface area contributed by atoms with E-state index in [1.807, 2.05) is 36.6 Å². The normalized spacial score (nSPS) is 10.4. The zero-order valence-corrected chi connectivity index (χ0v) is 10.7. The number of rotatable bonds is 4. The Labute approximate surface area is 110 Å². The van der Waals surface area contributed by atoms with E-state index >= 15 is 0 Å². The standard InChI is InChI=1S/C13H12N4S/c1-10-9-18-13(16-10)17-15-8-12-4-2-3-11(7-12)5-6-14/h2-4,7-9H,5H2,1H3,(H,16,17). The average Bonchev–Trinajstić information content (AvgIpc) is 2.76. The molecule has 0 aliphatic carbocycles. The fraction of sp³-hybridized carbons (Fsp3) is 0.154. The average molecular weight is 256 g/mol. The van der Waals surface area contributed by atoms with Gasteiger partial charge >= 0.3 is 0 Å². The number of anilines is 1. The molecule has 0 saturated carbocycles. The number of thiazole rings is 1. The first-order valence-electron chi connectivity index (χ1n) is 5.45. The van der Waals surface area contributed by atoms with Crippen LogP contribution in [0.2, 0.25) is 0 Å². The molecule has 0 radical (unpaired) electrons. The minimum absolute atomic E-state index is 0.417. The lowest BCUT2D eigenvalue weighted by Crippen LogP contribution is -1.91. The molecule has 1 aromatic heterocycles. The van der Waals surface area contributed by atoms with Crippen molar-refractivity contribution in [2.24, 2.45) is 5.10 Å². The maximum atomic E-state index is 8.63. The maximum absolute atomic E-state index is 8.63. The first kappa shape index (κ1) is 12.3. The molecule has 1 aromatic carbocycles. The van der Waals surface area contributed by atoms with Crippen LogP contribution >= 0.6 is 11.3 Å². The van der Waals surface area contributed by atoms with Crippen LogP contribution in [0.15, 0.2) is 34.7 Å². The van der Waals surface area contributed by atoms with Crippen LogP contribution in [-0.4, -0.2) is 11.2 Å². The molecule has 0 amide bonds. The van der Waals surface area contributed by atoms with Crippen molar-refractivity contribution >= 4 is 22.7 Å². The second-order valence-corrected chi connectivity index (χ2v) is 4.60. The Morgan fingerprint density at radius 1 is 1.56 bits per heavy atom. The van der Waals surface area contributed by atoms with Crippen LogP contribution < -0.4 is 5.43 Å². The molecule has 0 spiro atoms. The number of nitrogens with one attached hydrogen (secondary N) is 1. The molecule has 0 bridgehead atoms. The van der Waals surface area contributed by atoms with Crippen molar-refractivity contribution in [3.8, 4) is 6.07 Å². The molecule has 0 unspecified atom stereocenters. The van der Waals surface area contributed by atoms with E-state index in [9.17, 15) is 0 Å². The fourth-order valence-electron chi connectivity index (χ4n) is 1.44. The summed E-state index contributed by atoms with van der Waals surface area (Å²) in [6, 6.07) is 9.86. The van der Waals surface area contributed by atoms with Crippen molar-refractivity contribution < 1.29 is 0 Å². The molecule has 2 aromatic rings. The van der Waals surface area contributed by atoms with Crippen molar-refractivity contribution in [3.05, 3.63) is 46.5 Å². The van der Waals surface area contributed by atoms with E-state index in [4.69, 9.17) is 5.26 Å². The van der Waals surface area contributed by atoms with E-state index in [0.29, 0.717) is 6.42 Å². The lowest BCUT2D eigenvalue weighted by molar-refractivity contribution is 1.22. The lowest BCUT2D eigenvalue weighted by Gasteiger charge is -1.97. The third kappa shape index (κ3) is 3.40.